The number of rotatable bonds is 6. The van der Waals surface area contributed by atoms with Gasteiger partial charge in [0, 0.05) is 33.3 Å². The molecule has 0 saturated carbocycles. The number of carboxylic acid groups (broad SMARTS) is 2. The molecule has 15 heavy (non-hydrogen) atoms. The molecule has 0 unspecified atom stereocenters. The minimum atomic E-state index is -0.764. The standard InChI is InChI=1S/2C5H8O2.Pd/c2*1-2-3-4-5(6)7;/h2*2H,1,3-4H2,(H,6,7);. The van der Waals surface area contributed by atoms with Crippen LogP contribution in [0.4, 0.5) is 0 Å². The molecular weight excluding hydrogens is 291 g/mol. The van der Waals surface area contributed by atoms with Crippen LogP contribution in [-0.4, -0.2) is 22.2 Å². The molecule has 0 amide bonds. The molecule has 0 radical (unpaired) electrons. The molecule has 0 bridgehead atoms. The molecule has 90 valence electrons. The van der Waals surface area contributed by atoms with Gasteiger partial charge in [-0.2, -0.15) is 0 Å². The SMILES string of the molecule is C=CCCC(=O)O.C=CCCC(=O)O.[Pd]. The maximum atomic E-state index is 9.71. The number of allylic oxidation sites excluding steroid dienone is 2. The van der Waals surface area contributed by atoms with Crippen LogP contribution in [0.15, 0.2) is 25.3 Å². The topological polar surface area (TPSA) is 74.6 Å². The zero-order valence-corrected chi connectivity index (χ0v) is 9.98. The van der Waals surface area contributed by atoms with Gasteiger partial charge >= 0.3 is 11.9 Å². The Morgan fingerprint density at radius 1 is 0.933 bits per heavy atom. The summed E-state index contributed by atoms with van der Waals surface area (Å²) in [5.41, 5.74) is 0. The Hall–Kier alpha value is -0.918. The fourth-order valence-electron chi connectivity index (χ4n) is 0.451. The van der Waals surface area contributed by atoms with E-state index in [1.54, 1.807) is 12.2 Å². The molecule has 0 heterocycles. The van der Waals surface area contributed by atoms with Gasteiger partial charge in [0.05, 0.1) is 0 Å². The first kappa shape index (κ1) is 19.6. The molecule has 0 aliphatic carbocycles. The summed E-state index contributed by atoms with van der Waals surface area (Å²) in [6.07, 6.45) is 4.71. The fourth-order valence-corrected chi connectivity index (χ4v) is 0.451. The Morgan fingerprint density at radius 2 is 1.20 bits per heavy atom. The van der Waals surface area contributed by atoms with Crippen molar-refractivity contribution in [3.05, 3.63) is 25.3 Å². The van der Waals surface area contributed by atoms with Crippen LogP contribution in [0.5, 0.6) is 0 Å². The summed E-state index contributed by atoms with van der Waals surface area (Å²) < 4.78 is 0. The number of hydrogen-bond acceptors (Lipinski definition) is 2. The Morgan fingerprint density at radius 3 is 1.27 bits per heavy atom. The Bertz CT molecular complexity index is 180. The summed E-state index contributed by atoms with van der Waals surface area (Å²) in [6, 6.07) is 0. The first-order valence-electron chi connectivity index (χ1n) is 4.20. The van der Waals surface area contributed by atoms with Crippen molar-refractivity contribution in [1.29, 1.82) is 0 Å². The molecule has 0 saturated heterocycles. The minimum Gasteiger partial charge on any atom is -0.481 e. The van der Waals surface area contributed by atoms with Crippen LogP contribution in [0.1, 0.15) is 25.7 Å². The summed E-state index contributed by atoms with van der Waals surface area (Å²) >= 11 is 0. The van der Waals surface area contributed by atoms with Gasteiger partial charge in [0.2, 0.25) is 0 Å². The minimum absolute atomic E-state index is 0. The fraction of sp³-hybridized carbons (Fsp3) is 0.400. The molecule has 0 aromatic heterocycles. The van der Waals surface area contributed by atoms with E-state index in [9.17, 15) is 9.59 Å². The Labute approximate surface area is 103 Å². The summed E-state index contributed by atoms with van der Waals surface area (Å²) in [4.78, 5) is 19.4. The van der Waals surface area contributed by atoms with Gasteiger partial charge in [-0.1, -0.05) is 12.2 Å². The van der Waals surface area contributed by atoms with E-state index in [-0.39, 0.29) is 33.3 Å². The second-order valence-electron chi connectivity index (χ2n) is 2.44. The zero-order valence-electron chi connectivity index (χ0n) is 8.42. The van der Waals surface area contributed by atoms with Gasteiger partial charge in [0.1, 0.15) is 0 Å². The van der Waals surface area contributed by atoms with E-state index >= 15 is 0 Å². The normalized spacial score (nSPS) is 7.47. The molecule has 2 N–H and O–H groups in total. The van der Waals surface area contributed by atoms with E-state index in [4.69, 9.17) is 10.2 Å². The number of aliphatic carboxylic acids is 2. The first-order valence-corrected chi connectivity index (χ1v) is 4.20. The van der Waals surface area contributed by atoms with Gasteiger partial charge < -0.3 is 10.2 Å². The monoisotopic (exact) mass is 306 g/mol. The molecule has 4 nitrogen and oxygen atoms in total. The van der Waals surface area contributed by atoms with Crippen LogP contribution >= 0.6 is 0 Å². The maximum absolute atomic E-state index is 9.71. The van der Waals surface area contributed by atoms with Crippen LogP contribution in [0, 0.1) is 0 Å². The first-order chi connectivity index (χ1) is 6.54. The van der Waals surface area contributed by atoms with Gasteiger partial charge in [0.25, 0.3) is 0 Å². The molecule has 0 aromatic rings. The third-order valence-corrected chi connectivity index (χ3v) is 1.12. The number of hydrogen-bond donors (Lipinski definition) is 2. The van der Waals surface area contributed by atoms with Gasteiger partial charge in [-0.3, -0.25) is 9.59 Å². The van der Waals surface area contributed by atoms with Crippen LogP contribution in [0.2, 0.25) is 0 Å². The molecule has 0 aromatic carbocycles. The van der Waals surface area contributed by atoms with Crippen molar-refractivity contribution in [2.24, 2.45) is 0 Å². The van der Waals surface area contributed by atoms with Crippen LogP contribution in [0.3, 0.4) is 0 Å². The van der Waals surface area contributed by atoms with Crippen LogP contribution in [0.25, 0.3) is 0 Å². The van der Waals surface area contributed by atoms with Gasteiger partial charge in [-0.05, 0) is 12.8 Å². The summed E-state index contributed by atoms with van der Waals surface area (Å²) in [5, 5.41) is 16.0. The molecule has 0 fully saturated rings. The molecule has 0 spiro atoms. The largest absolute Gasteiger partial charge is 0.481 e. The molecule has 0 rings (SSSR count). The van der Waals surface area contributed by atoms with E-state index in [0.717, 1.165) is 0 Å². The summed E-state index contributed by atoms with van der Waals surface area (Å²) in [5.74, 6) is -1.53. The van der Waals surface area contributed by atoms with Crippen LogP contribution < -0.4 is 0 Å². The van der Waals surface area contributed by atoms with Gasteiger partial charge in [0.15, 0.2) is 0 Å². The van der Waals surface area contributed by atoms with Crippen molar-refractivity contribution in [3.63, 3.8) is 0 Å². The van der Waals surface area contributed by atoms with Crippen molar-refractivity contribution in [1.82, 2.24) is 0 Å². The third-order valence-electron chi connectivity index (χ3n) is 1.12. The molecule has 0 aliphatic rings. The van der Waals surface area contributed by atoms with Crippen molar-refractivity contribution >= 4 is 11.9 Å². The molecule has 5 heteroatoms. The second-order valence-corrected chi connectivity index (χ2v) is 2.44. The maximum Gasteiger partial charge on any atom is 0.303 e. The average Bonchev–Trinajstić information content (AvgIpc) is 2.12. The summed E-state index contributed by atoms with van der Waals surface area (Å²) in [6.45, 7) is 6.74. The summed E-state index contributed by atoms with van der Waals surface area (Å²) in [7, 11) is 0. The second kappa shape index (κ2) is 15.5. The van der Waals surface area contributed by atoms with E-state index in [0.29, 0.717) is 12.8 Å². The molecule has 0 aliphatic heterocycles. The predicted octanol–water partition coefficient (Wildman–Crippen LogP) is 2.07. The van der Waals surface area contributed by atoms with Gasteiger partial charge in [-0.15, -0.1) is 13.2 Å². The van der Waals surface area contributed by atoms with Crippen molar-refractivity contribution in [2.45, 2.75) is 25.7 Å². The predicted molar refractivity (Wildman–Crippen MR) is 54.1 cm³/mol. The molecule has 0 atom stereocenters. The van der Waals surface area contributed by atoms with Crippen molar-refractivity contribution in [2.75, 3.05) is 0 Å². The Kier molecular flexibility index (Phi) is 20.3. The van der Waals surface area contributed by atoms with Crippen molar-refractivity contribution in [3.8, 4) is 0 Å². The van der Waals surface area contributed by atoms with E-state index in [1.165, 1.54) is 0 Å². The number of carboxylic acids is 2. The smallest absolute Gasteiger partial charge is 0.303 e. The Balaban J connectivity index is -0.000000180. The number of carbonyl (C=O) groups is 2. The molecular formula is C10H16O4Pd. The average molecular weight is 307 g/mol. The quantitative estimate of drug-likeness (QED) is 0.582. The van der Waals surface area contributed by atoms with E-state index in [1.807, 2.05) is 0 Å². The van der Waals surface area contributed by atoms with Crippen LogP contribution in [-0.2, 0) is 30.0 Å². The van der Waals surface area contributed by atoms with E-state index < -0.39 is 11.9 Å². The zero-order chi connectivity index (χ0) is 11.4. The van der Waals surface area contributed by atoms with E-state index in [2.05, 4.69) is 13.2 Å². The third kappa shape index (κ3) is 32.0. The van der Waals surface area contributed by atoms with Gasteiger partial charge in [-0.25, -0.2) is 0 Å². The van der Waals surface area contributed by atoms with Crippen molar-refractivity contribution < 1.29 is 40.2 Å².